The summed E-state index contributed by atoms with van der Waals surface area (Å²) in [5, 5.41) is 7.70. The molecule has 2 heterocycles. The van der Waals surface area contributed by atoms with Crippen molar-refractivity contribution in [3.63, 3.8) is 0 Å². The molecule has 2 aromatic rings. The molecule has 3 rings (SSSR count). The van der Waals surface area contributed by atoms with Crippen molar-refractivity contribution < 1.29 is 4.79 Å². The molecule has 6 nitrogen and oxygen atoms in total. The van der Waals surface area contributed by atoms with Crippen molar-refractivity contribution in [3.8, 4) is 0 Å². The monoisotopic (exact) mass is 345 g/mol. The van der Waals surface area contributed by atoms with E-state index in [0.29, 0.717) is 18.3 Å². The van der Waals surface area contributed by atoms with E-state index < -0.39 is 0 Å². The van der Waals surface area contributed by atoms with Crippen LogP contribution in [0, 0.1) is 0 Å². The predicted octanol–water partition coefficient (Wildman–Crippen LogP) is 2.36. The first-order valence-corrected chi connectivity index (χ1v) is 9.25. The molecule has 1 aliphatic heterocycles. The Morgan fingerprint density at radius 3 is 2.88 bits per heavy atom. The molecular weight excluding hydrogens is 322 g/mol. The van der Waals surface area contributed by atoms with Gasteiger partial charge in [0.1, 0.15) is 12.7 Å². The molecule has 2 amide bonds. The van der Waals surface area contributed by atoms with Crippen LogP contribution in [0.3, 0.4) is 0 Å². The molecule has 1 aromatic heterocycles. The van der Waals surface area contributed by atoms with Crippen LogP contribution in [0.2, 0.25) is 0 Å². The molecule has 24 heavy (non-hydrogen) atoms. The number of hydrogen-bond acceptors (Lipinski definition) is 4. The summed E-state index contributed by atoms with van der Waals surface area (Å²) in [6, 6.07) is 8.38. The molecule has 1 aromatic carbocycles. The van der Waals surface area contributed by atoms with Crippen LogP contribution >= 0.6 is 11.8 Å². The summed E-state index contributed by atoms with van der Waals surface area (Å²) in [6.45, 7) is 6.29. The first-order chi connectivity index (χ1) is 11.6. The second kappa shape index (κ2) is 7.70. The molecule has 2 atom stereocenters. The SMILES string of the molecule is C[C@@H]1[C@@H](C)SCCN1C(=O)NCc1ccccc1Cn1cncn1. The van der Waals surface area contributed by atoms with Crippen LogP contribution in [0.25, 0.3) is 0 Å². The number of carbonyl (C=O) groups is 1. The van der Waals surface area contributed by atoms with Crippen molar-refractivity contribution in [3.05, 3.63) is 48.0 Å². The summed E-state index contributed by atoms with van der Waals surface area (Å²) in [7, 11) is 0. The number of nitrogens with one attached hydrogen (secondary N) is 1. The van der Waals surface area contributed by atoms with Gasteiger partial charge in [-0.1, -0.05) is 31.2 Å². The van der Waals surface area contributed by atoms with E-state index in [9.17, 15) is 4.79 Å². The minimum Gasteiger partial charge on any atom is -0.334 e. The molecule has 0 saturated carbocycles. The Bertz CT molecular complexity index is 675. The van der Waals surface area contributed by atoms with Gasteiger partial charge in [0, 0.05) is 30.1 Å². The highest BCUT2D eigenvalue weighted by molar-refractivity contribution is 8.00. The summed E-state index contributed by atoms with van der Waals surface area (Å²) >= 11 is 1.93. The third kappa shape index (κ3) is 3.90. The van der Waals surface area contributed by atoms with Crippen molar-refractivity contribution in [2.75, 3.05) is 12.3 Å². The predicted molar refractivity (Wildman–Crippen MR) is 95.9 cm³/mol. The number of aromatic nitrogens is 3. The lowest BCUT2D eigenvalue weighted by Gasteiger charge is -2.37. The fourth-order valence-electron chi connectivity index (χ4n) is 2.87. The van der Waals surface area contributed by atoms with Crippen molar-refractivity contribution in [1.82, 2.24) is 25.0 Å². The molecule has 7 heteroatoms. The summed E-state index contributed by atoms with van der Waals surface area (Å²) < 4.78 is 1.78. The molecule has 0 radical (unpaired) electrons. The third-order valence-corrected chi connectivity index (χ3v) is 5.83. The van der Waals surface area contributed by atoms with Gasteiger partial charge in [-0.15, -0.1) is 0 Å². The van der Waals surface area contributed by atoms with Crippen LogP contribution in [-0.4, -0.2) is 49.3 Å². The summed E-state index contributed by atoms with van der Waals surface area (Å²) in [5.41, 5.74) is 2.24. The number of amides is 2. The van der Waals surface area contributed by atoms with Gasteiger partial charge in [-0.2, -0.15) is 16.9 Å². The normalized spacial score (nSPS) is 20.8. The third-order valence-electron chi connectivity index (χ3n) is 4.49. The Labute approximate surface area is 146 Å². The van der Waals surface area contributed by atoms with E-state index in [2.05, 4.69) is 35.3 Å². The average Bonchev–Trinajstić information content (AvgIpc) is 3.09. The van der Waals surface area contributed by atoms with E-state index in [4.69, 9.17) is 0 Å². The lowest BCUT2D eigenvalue weighted by atomic mass is 10.1. The fraction of sp³-hybridized carbons (Fsp3) is 0.471. The Morgan fingerprint density at radius 1 is 1.33 bits per heavy atom. The molecule has 1 fully saturated rings. The smallest absolute Gasteiger partial charge is 0.317 e. The quantitative estimate of drug-likeness (QED) is 0.924. The Balaban J connectivity index is 1.63. The topological polar surface area (TPSA) is 63.1 Å². The second-order valence-electron chi connectivity index (χ2n) is 6.03. The van der Waals surface area contributed by atoms with E-state index in [0.717, 1.165) is 23.4 Å². The zero-order valence-electron chi connectivity index (χ0n) is 14.1. The highest BCUT2D eigenvalue weighted by Gasteiger charge is 2.28. The first-order valence-electron chi connectivity index (χ1n) is 8.20. The van der Waals surface area contributed by atoms with E-state index >= 15 is 0 Å². The number of rotatable bonds is 4. The molecule has 1 saturated heterocycles. The molecule has 0 aliphatic carbocycles. The molecule has 0 unspecified atom stereocenters. The minimum absolute atomic E-state index is 0.0187. The van der Waals surface area contributed by atoms with Crippen LogP contribution in [0.5, 0.6) is 0 Å². The maximum Gasteiger partial charge on any atom is 0.317 e. The number of hydrogen-bond donors (Lipinski definition) is 1. The van der Waals surface area contributed by atoms with Gasteiger partial charge < -0.3 is 10.2 Å². The minimum atomic E-state index is 0.0187. The van der Waals surface area contributed by atoms with Gasteiger partial charge in [0.15, 0.2) is 0 Å². The van der Waals surface area contributed by atoms with Gasteiger partial charge in [-0.05, 0) is 18.1 Å². The average molecular weight is 345 g/mol. The Kier molecular flexibility index (Phi) is 5.40. The first kappa shape index (κ1) is 16.8. The Hall–Kier alpha value is -2.02. The summed E-state index contributed by atoms with van der Waals surface area (Å²) in [4.78, 5) is 18.5. The number of urea groups is 1. The number of thioether (sulfide) groups is 1. The van der Waals surface area contributed by atoms with E-state index in [-0.39, 0.29) is 12.1 Å². The fourth-order valence-corrected chi connectivity index (χ4v) is 3.96. The molecule has 0 spiro atoms. The van der Waals surface area contributed by atoms with Gasteiger partial charge in [0.2, 0.25) is 0 Å². The second-order valence-corrected chi connectivity index (χ2v) is 7.52. The zero-order chi connectivity index (χ0) is 16.9. The highest BCUT2D eigenvalue weighted by Crippen LogP contribution is 2.24. The largest absolute Gasteiger partial charge is 0.334 e. The molecular formula is C17H23N5OS. The van der Waals surface area contributed by atoms with Crippen LogP contribution < -0.4 is 5.32 Å². The maximum absolute atomic E-state index is 12.5. The lowest BCUT2D eigenvalue weighted by molar-refractivity contribution is 0.180. The lowest BCUT2D eigenvalue weighted by Crippen LogP contribution is -2.51. The molecule has 128 valence electrons. The van der Waals surface area contributed by atoms with Crippen molar-refractivity contribution in [2.45, 2.75) is 38.2 Å². The number of benzene rings is 1. The van der Waals surface area contributed by atoms with Crippen molar-refractivity contribution >= 4 is 17.8 Å². The van der Waals surface area contributed by atoms with E-state index in [1.165, 1.54) is 6.33 Å². The maximum atomic E-state index is 12.5. The Morgan fingerprint density at radius 2 is 2.12 bits per heavy atom. The van der Waals surface area contributed by atoms with Crippen LogP contribution in [0.15, 0.2) is 36.9 Å². The van der Waals surface area contributed by atoms with Gasteiger partial charge in [0.25, 0.3) is 0 Å². The molecule has 0 bridgehead atoms. The van der Waals surface area contributed by atoms with Crippen molar-refractivity contribution in [1.29, 1.82) is 0 Å². The van der Waals surface area contributed by atoms with Gasteiger partial charge in [0.05, 0.1) is 6.54 Å². The van der Waals surface area contributed by atoms with Crippen molar-refractivity contribution in [2.24, 2.45) is 0 Å². The van der Waals surface area contributed by atoms with Gasteiger partial charge in [-0.25, -0.2) is 14.5 Å². The summed E-state index contributed by atoms with van der Waals surface area (Å²) in [5.74, 6) is 1.00. The van der Waals surface area contributed by atoms with Gasteiger partial charge >= 0.3 is 6.03 Å². The molecule has 1 aliphatic rings. The molecule has 1 N–H and O–H groups in total. The van der Waals surface area contributed by atoms with Crippen LogP contribution in [0.4, 0.5) is 4.79 Å². The number of carbonyl (C=O) groups excluding carboxylic acids is 1. The van der Waals surface area contributed by atoms with E-state index in [1.807, 2.05) is 34.9 Å². The summed E-state index contributed by atoms with van der Waals surface area (Å²) in [6.07, 6.45) is 3.23. The standard InChI is InChI=1S/C17H23N5OS/c1-13-14(2)24-8-7-22(13)17(23)19-9-15-5-3-4-6-16(15)10-21-12-18-11-20-21/h3-6,11-14H,7-10H2,1-2H3,(H,19,23)/t13-,14-/m1/s1. The van der Waals surface area contributed by atoms with Gasteiger partial charge in [-0.3, -0.25) is 0 Å². The zero-order valence-corrected chi connectivity index (χ0v) is 14.9. The van der Waals surface area contributed by atoms with Crippen LogP contribution in [-0.2, 0) is 13.1 Å². The van der Waals surface area contributed by atoms with E-state index in [1.54, 1.807) is 11.0 Å². The number of nitrogens with zero attached hydrogens (tertiary/aromatic N) is 4. The highest BCUT2D eigenvalue weighted by atomic mass is 32.2. The van der Waals surface area contributed by atoms with Crippen LogP contribution in [0.1, 0.15) is 25.0 Å².